The molecule has 0 aromatic heterocycles. The van der Waals surface area contributed by atoms with E-state index < -0.39 is 0 Å². The zero-order valence-corrected chi connectivity index (χ0v) is 7.71. The Morgan fingerprint density at radius 2 is 1.90 bits per heavy atom. The highest BCUT2D eigenvalue weighted by molar-refractivity contribution is 5.85. The largest absolute Gasteiger partial charge is 0.314 e. The summed E-state index contributed by atoms with van der Waals surface area (Å²) in [6.07, 6.45) is 4.19. The summed E-state index contributed by atoms with van der Waals surface area (Å²) in [5.74, 6) is 0.898. The summed E-state index contributed by atoms with van der Waals surface area (Å²) in [7, 11) is 0. The zero-order chi connectivity index (χ0) is 6.69. The fourth-order valence-electron chi connectivity index (χ4n) is 1.38. The number of rotatable bonds is 0. The molecule has 2 unspecified atom stereocenters. The van der Waals surface area contributed by atoms with Crippen LogP contribution in [0.2, 0.25) is 0 Å². The second-order valence-electron chi connectivity index (χ2n) is 3.35. The molecule has 0 amide bonds. The van der Waals surface area contributed by atoms with Crippen molar-refractivity contribution in [3.63, 3.8) is 0 Å². The van der Waals surface area contributed by atoms with Crippen LogP contribution in [0.15, 0.2) is 0 Å². The molecule has 1 nitrogen and oxygen atoms in total. The van der Waals surface area contributed by atoms with E-state index in [0.717, 1.165) is 12.0 Å². The van der Waals surface area contributed by atoms with E-state index in [-0.39, 0.29) is 12.4 Å². The molecule has 1 aliphatic rings. The highest BCUT2D eigenvalue weighted by Crippen LogP contribution is 2.12. The summed E-state index contributed by atoms with van der Waals surface area (Å²) in [6, 6.07) is 0.759. The van der Waals surface area contributed by atoms with Gasteiger partial charge in [-0.25, -0.2) is 0 Å². The topological polar surface area (TPSA) is 12.0 Å². The maximum absolute atomic E-state index is 3.49. The van der Waals surface area contributed by atoms with Crippen LogP contribution in [-0.2, 0) is 0 Å². The van der Waals surface area contributed by atoms with Crippen LogP contribution in [0.1, 0.15) is 33.1 Å². The van der Waals surface area contributed by atoms with Gasteiger partial charge in [-0.15, -0.1) is 12.4 Å². The molecule has 1 rings (SSSR count). The fourth-order valence-corrected chi connectivity index (χ4v) is 1.38. The highest BCUT2D eigenvalue weighted by atomic mass is 35.5. The number of halogens is 1. The molecule has 1 saturated heterocycles. The summed E-state index contributed by atoms with van der Waals surface area (Å²) in [4.78, 5) is 0. The molecular formula is C8H18ClN. The first-order chi connectivity index (χ1) is 4.29. The van der Waals surface area contributed by atoms with Gasteiger partial charge in [0.25, 0.3) is 0 Å². The van der Waals surface area contributed by atoms with Crippen molar-refractivity contribution in [2.45, 2.75) is 39.2 Å². The van der Waals surface area contributed by atoms with E-state index in [1.807, 2.05) is 0 Å². The van der Waals surface area contributed by atoms with E-state index >= 15 is 0 Å². The third kappa shape index (κ3) is 3.43. The second-order valence-corrected chi connectivity index (χ2v) is 3.35. The van der Waals surface area contributed by atoms with Crippen molar-refractivity contribution >= 4 is 12.4 Å². The molecule has 10 heavy (non-hydrogen) atoms. The minimum absolute atomic E-state index is 0. The van der Waals surface area contributed by atoms with Gasteiger partial charge in [0.15, 0.2) is 0 Å². The lowest BCUT2D eigenvalue weighted by Gasteiger charge is -2.09. The smallest absolute Gasteiger partial charge is 0.00388 e. The lowest BCUT2D eigenvalue weighted by molar-refractivity contribution is 0.503. The quantitative estimate of drug-likeness (QED) is 0.578. The van der Waals surface area contributed by atoms with Crippen molar-refractivity contribution in [2.75, 3.05) is 6.54 Å². The number of hydrogen-bond acceptors (Lipinski definition) is 1. The normalized spacial score (nSPS) is 34.2. The Hall–Kier alpha value is 0.250. The third-order valence-electron chi connectivity index (χ3n) is 2.15. The van der Waals surface area contributed by atoms with Crippen molar-refractivity contribution in [1.82, 2.24) is 5.32 Å². The maximum atomic E-state index is 3.49. The molecule has 0 bridgehead atoms. The molecule has 0 saturated carbocycles. The van der Waals surface area contributed by atoms with Crippen LogP contribution in [-0.4, -0.2) is 12.6 Å². The van der Waals surface area contributed by atoms with Gasteiger partial charge in [0.2, 0.25) is 0 Å². The molecule has 1 N–H and O–H groups in total. The summed E-state index contributed by atoms with van der Waals surface area (Å²) in [5, 5.41) is 3.49. The number of hydrogen-bond donors (Lipinski definition) is 1. The van der Waals surface area contributed by atoms with Gasteiger partial charge in [-0.2, -0.15) is 0 Å². The van der Waals surface area contributed by atoms with Crippen molar-refractivity contribution in [2.24, 2.45) is 5.92 Å². The lowest BCUT2D eigenvalue weighted by Crippen LogP contribution is -2.27. The van der Waals surface area contributed by atoms with Crippen LogP contribution in [0.4, 0.5) is 0 Å². The molecule has 2 atom stereocenters. The van der Waals surface area contributed by atoms with Crippen LogP contribution in [0.5, 0.6) is 0 Å². The minimum atomic E-state index is 0. The second kappa shape index (κ2) is 4.97. The monoisotopic (exact) mass is 163 g/mol. The fraction of sp³-hybridized carbons (Fsp3) is 1.00. The lowest BCUT2D eigenvalue weighted by atomic mass is 10.1. The maximum Gasteiger partial charge on any atom is 0.00388 e. The standard InChI is InChI=1S/C8H17N.ClH/c1-7-4-3-5-8(2)9-6-7;/h7-9H,3-6H2,1-2H3;1H. The first kappa shape index (κ1) is 10.2. The van der Waals surface area contributed by atoms with Crippen LogP contribution in [0.25, 0.3) is 0 Å². The molecule has 0 aromatic carbocycles. The summed E-state index contributed by atoms with van der Waals surface area (Å²) < 4.78 is 0. The molecule has 0 aliphatic carbocycles. The summed E-state index contributed by atoms with van der Waals surface area (Å²) in [6.45, 7) is 5.82. The molecule has 0 aromatic rings. The first-order valence-electron chi connectivity index (χ1n) is 4.02. The molecule has 62 valence electrons. The molecule has 0 spiro atoms. The van der Waals surface area contributed by atoms with E-state index in [2.05, 4.69) is 19.2 Å². The van der Waals surface area contributed by atoms with Crippen LogP contribution < -0.4 is 5.32 Å². The van der Waals surface area contributed by atoms with Crippen molar-refractivity contribution < 1.29 is 0 Å². The molecule has 0 radical (unpaired) electrons. The first-order valence-corrected chi connectivity index (χ1v) is 4.02. The Balaban J connectivity index is 0.000000810. The van der Waals surface area contributed by atoms with Gasteiger partial charge in [-0.1, -0.05) is 13.3 Å². The zero-order valence-electron chi connectivity index (χ0n) is 6.89. The number of nitrogens with one attached hydrogen (secondary N) is 1. The predicted octanol–water partition coefficient (Wildman–Crippen LogP) is 2.21. The van der Waals surface area contributed by atoms with Crippen molar-refractivity contribution in [3.8, 4) is 0 Å². The van der Waals surface area contributed by atoms with Gasteiger partial charge >= 0.3 is 0 Å². The molecule has 1 aliphatic heterocycles. The van der Waals surface area contributed by atoms with E-state index in [1.54, 1.807) is 0 Å². The SMILES string of the molecule is CC1CCCC(C)NC1.Cl. The van der Waals surface area contributed by atoms with Crippen molar-refractivity contribution in [3.05, 3.63) is 0 Å². The Morgan fingerprint density at radius 1 is 1.20 bits per heavy atom. The van der Waals surface area contributed by atoms with Crippen LogP contribution in [0.3, 0.4) is 0 Å². The van der Waals surface area contributed by atoms with E-state index in [9.17, 15) is 0 Å². The van der Waals surface area contributed by atoms with E-state index in [4.69, 9.17) is 0 Å². The molecule has 1 heterocycles. The highest BCUT2D eigenvalue weighted by Gasteiger charge is 2.10. The Morgan fingerprint density at radius 3 is 2.60 bits per heavy atom. The summed E-state index contributed by atoms with van der Waals surface area (Å²) >= 11 is 0. The minimum Gasteiger partial charge on any atom is -0.314 e. The molecule has 1 fully saturated rings. The van der Waals surface area contributed by atoms with Gasteiger partial charge in [-0.05, 0) is 32.2 Å². The van der Waals surface area contributed by atoms with Crippen molar-refractivity contribution in [1.29, 1.82) is 0 Å². The van der Waals surface area contributed by atoms with Crippen LogP contribution >= 0.6 is 12.4 Å². The average molecular weight is 164 g/mol. The third-order valence-corrected chi connectivity index (χ3v) is 2.15. The predicted molar refractivity (Wildman–Crippen MR) is 47.7 cm³/mol. The Bertz CT molecular complexity index is 75.3. The van der Waals surface area contributed by atoms with Gasteiger partial charge < -0.3 is 5.32 Å². The molecule has 2 heteroatoms. The van der Waals surface area contributed by atoms with Crippen LogP contribution in [0, 0.1) is 5.92 Å². The Labute approximate surface area is 70.0 Å². The van der Waals surface area contributed by atoms with Gasteiger partial charge in [-0.3, -0.25) is 0 Å². The van der Waals surface area contributed by atoms with Gasteiger partial charge in [0, 0.05) is 6.04 Å². The Kier molecular flexibility index (Phi) is 5.10. The van der Waals surface area contributed by atoms with Gasteiger partial charge in [0.1, 0.15) is 0 Å². The molecular weight excluding hydrogens is 146 g/mol. The summed E-state index contributed by atoms with van der Waals surface area (Å²) in [5.41, 5.74) is 0. The average Bonchev–Trinajstić information content (AvgIpc) is 1.97. The van der Waals surface area contributed by atoms with E-state index in [0.29, 0.717) is 0 Å². The van der Waals surface area contributed by atoms with E-state index in [1.165, 1.54) is 25.8 Å². The van der Waals surface area contributed by atoms with Gasteiger partial charge in [0.05, 0.1) is 0 Å².